The maximum absolute atomic E-state index is 12.8. The summed E-state index contributed by atoms with van der Waals surface area (Å²) in [5, 5.41) is 4.38. The van der Waals surface area contributed by atoms with Crippen LogP contribution in [0.5, 0.6) is 0 Å². The predicted molar refractivity (Wildman–Crippen MR) is 104 cm³/mol. The summed E-state index contributed by atoms with van der Waals surface area (Å²) in [5.74, 6) is -0.942. The molecule has 3 aromatic carbocycles. The van der Waals surface area contributed by atoms with E-state index in [-0.39, 0.29) is 30.7 Å². The highest BCUT2D eigenvalue weighted by molar-refractivity contribution is 6.25. The molecule has 4 rings (SSSR count). The number of rotatable bonds is 4. The molecule has 5 nitrogen and oxygen atoms in total. The van der Waals surface area contributed by atoms with E-state index in [1.165, 1.54) is 0 Å². The van der Waals surface area contributed by atoms with Crippen molar-refractivity contribution in [2.75, 3.05) is 11.9 Å². The fraction of sp³-hybridized carbons (Fsp3) is 0.136. The number of aryl methyl sites for hydroxylation is 1. The fourth-order valence-corrected chi connectivity index (χ4v) is 3.42. The van der Waals surface area contributed by atoms with E-state index in [9.17, 15) is 14.4 Å². The van der Waals surface area contributed by atoms with Crippen molar-refractivity contribution in [1.29, 1.82) is 0 Å². The average Bonchev–Trinajstić information content (AvgIpc) is 2.67. The molecule has 134 valence electrons. The topological polar surface area (TPSA) is 66.5 Å². The van der Waals surface area contributed by atoms with Crippen LogP contribution in [0.3, 0.4) is 0 Å². The van der Waals surface area contributed by atoms with E-state index in [0.717, 1.165) is 21.5 Å². The number of nitrogens with zero attached hydrogens (tertiary/aromatic N) is 1. The number of nitrogens with one attached hydrogen (secondary N) is 1. The van der Waals surface area contributed by atoms with Crippen LogP contribution in [-0.4, -0.2) is 29.2 Å². The molecular formula is C22H18N2O3. The normalized spacial score (nSPS) is 13.1. The maximum atomic E-state index is 12.8. The summed E-state index contributed by atoms with van der Waals surface area (Å²) in [7, 11) is 0. The van der Waals surface area contributed by atoms with E-state index in [1.54, 1.807) is 24.3 Å². The Bertz CT molecular complexity index is 1040. The van der Waals surface area contributed by atoms with Crippen molar-refractivity contribution < 1.29 is 14.4 Å². The first-order chi connectivity index (χ1) is 13.1. The van der Waals surface area contributed by atoms with E-state index in [0.29, 0.717) is 16.5 Å². The van der Waals surface area contributed by atoms with Crippen molar-refractivity contribution in [3.8, 4) is 0 Å². The van der Waals surface area contributed by atoms with Crippen LogP contribution in [0.15, 0.2) is 60.7 Å². The molecule has 27 heavy (non-hydrogen) atoms. The van der Waals surface area contributed by atoms with Gasteiger partial charge in [0.15, 0.2) is 0 Å². The Kier molecular flexibility index (Phi) is 4.20. The zero-order valence-electron chi connectivity index (χ0n) is 14.9. The minimum atomic E-state index is -0.354. The molecular weight excluding hydrogens is 340 g/mol. The van der Waals surface area contributed by atoms with Crippen LogP contribution in [0.25, 0.3) is 10.8 Å². The van der Waals surface area contributed by atoms with Crippen LogP contribution in [-0.2, 0) is 4.79 Å². The minimum absolute atomic E-state index is 0.0418. The number of carbonyl (C=O) groups is 3. The largest absolute Gasteiger partial charge is 0.326 e. The van der Waals surface area contributed by atoms with E-state index < -0.39 is 0 Å². The average molecular weight is 358 g/mol. The third kappa shape index (κ3) is 2.97. The van der Waals surface area contributed by atoms with Gasteiger partial charge >= 0.3 is 0 Å². The molecule has 0 saturated carbocycles. The first kappa shape index (κ1) is 17.0. The Balaban J connectivity index is 1.54. The second-order valence-corrected chi connectivity index (χ2v) is 6.58. The minimum Gasteiger partial charge on any atom is -0.326 e. The third-order valence-corrected chi connectivity index (χ3v) is 4.84. The van der Waals surface area contributed by atoms with Crippen molar-refractivity contribution >= 4 is 34.2 Å². The second kappa shape index (κ2) is 6.68. The van der Waals surface area contributed by atoms with Gasteiger partial charge in [-0.05, 0) is 36.1 Å². The zero-order valence-corrected chi connectivity index (χ0v) is 14.9. The molecule has 0 radical (unpaired) electrons. The quantitative estimate of drug-likeness (QED) is 0.722. The SMILES string of the molecule is Cc1ccccc1NC(=O)CCN1C(=O)c2cccc3cccc(c23)C1=O. The van der Waals surface area contributed by atoms with Crippen LogP contribution in [0.1, 0.15) is 32.7 Å². The van der Waals surface area contributed by atoms with Crippen molar-refractivity contribution in [2.45, 2.75) is 13.3 Å². The lowest BCUT2D eigenvalue weighted by atomic mass is 9.94. The van der Waals surface area contributed by atoms with Gasteiger partial charge < -0.3 is 5.32 Å². The number of anilines is 1. The molecule has 3 amide bonds. The van der Waals surface area contributed by atoms with Crippen LogP contribution in [0.2, 0.25) is 0 Å². The Morgan fingerprint density at radius 3 is 2.15 bits per heavy atom. The van der Waals surface area contributed by atoms with Gasteiger partial charge in [0.2, 0.25) is 5.91 Å². The summed E-state index contributed by atoms with van der Waals surface area (Å²) in [5.41, 5.74) is 2.69. The standard InChI is InChI=1S/C22H18N2O3/c1-14-6-2-3-11-18(14)23-19(25)12-13-24-21(26)16-9-4-7-15-8-5-10-17(20(15)16)22(24)27/h2-11H,12-13H2,1H3,(H,23,25). The van der Waals surface area contributed by atoms with Crippen molar-refractivity contribution in [2.24, 2.45) is 0 Å². The molecule has 0 bridgehead atoms. The van der Waals surface area contributed by atoms with E-state index >= 15 is 0 Å². The highest BCUT2D eigenvalue weighted by atomic mass is 16.2. The summed E-state index contributed by atoms with van der Waals surface area (Å²) in [4.78, 5) is 39.1. The lowest BCUT2D eigenvalue weighted by Crippen LogP contribution is -2.41. The monoisotopic (exact) mass is 358 g/mol. The lowest BCUT2D eigenvalue weighted by molar-refractivity contribution is -0.116. The fourth-order valence-electron chi connectivity index (χ4n) is 3.42. The number of benzene rings is 3. The first-order valence-corrected chi connectivity index (χ1v) is 8.79. The summed E-state index contributed by atoms with van der Waals surface area (Å²) in [6.45, 7) is 1.95. The molecule has 1 N–H and O–H groups in total. The summed E-state index contributed by atoms with van der Waals surface area (Å²) < 4.78 is 0. The van der Waals surface area contributed by atoms with Gasteiger partial charge in [-0.2, -0.15) is 0 Å². The molecule has 1 heterocycles. The van der Waals surface area contributed by atoms with Gasteiger partial charge in [-0.25, -0.2) is 0 Å². The van der Waals surface area contributed by atoms with Gasteiger partial charge in [-0.1, -0.05) is 42.5 Å². The Hall–Kier alpha value is -3.47. The molecule has 0 fully saturated rings. The number of imide groups is 1. The smallest absolute Gasteiger partial charge is 0.261 e. The Morgan fingerprint density at radius 1 is 0.889 bits per heavy atom. The van der Waals surface area contributed by atoms with Gasteiger partial charge in [0.25, 0.3) is 11.8 Å². The van der Waals surface area contributed by atoms with Crippen LogP contribution in [0.4, 0.5) is 5.69 Å². The maximum Gasteiger partial charge on any atom is 0.261 e. The molecule has 0 aliphatic carbocycles. The van der Waals surface area contributed by atoms with E-state index in [1.807, 2.05) is 43.3 Å². The number of hydrogen-bond acceptors (Lipinski definition) is 3. The lowest BCUT2D eigenvalue weighted by Gasteiger charge is -2.27. The van der Waals surface area contributed by atoms with Crippen LogP contribution in [0, 0.1) is 6.92 Å². The zero-order chi connectivity index (χ0) is 19.0. The molecule has 0 unspecified atom stereocenters. The highest BCUT2D eigenvalue weighted by Gasteiger charge is 2.32. The number of amides is 3. The van der Waals surface area contributed by atoms with Gasteiger partial charge in [-0.3, -0.25) is 19.3 Å². The molecule has 5 heteroatoms. The van der Waals surface area contributed by atoms with Crippen molar-refractivity contribution in [1.82, 2.24) is 4.90 Å². The van der Waals surface area contributed by atoms with Crippen molar-refractivity contribution in [3.63, 3.8) is 0 Å². The highest BCUT2D eigenvalue weighted by Crippen LogP contribution is 2.30. The number of para-hydroxylation sites is 1. The van der Waals surface area contributed by atoms with Crippen LogP contribution < -0.4 is 5.32 Å². The molecule has 0 saturated heterocycles. The van der Waals surface area contributed by atoms with Gasteiger partial charge in [0.05, 0.1) is 0 Å². The second-order valence-electron chi connectivity index (χ2n) is 6.58. The molecule has 0 spiro atoms. The van der Waals surface area contributed by atoms with E-state index in [2.05, 4.69) is 5.32 Å². The Morgan fingerprint density at radius 2 is 1.52 bits per heavy atom. The van der Waals surface area contributed by atoms with Gasteiger partial charge in [0.1, 0.15) is 0 Å². The molecule has 1 aliphatic heterocycles. The molecule has 1 aliphatic rings. The van der Waals surface area contributed by atoms with Crippen LogP contribution >= 0.6 is 0 Å². The molecule has 3 aromatic rings. The van der Waals surface area contributed by atoms with Crippen molar-refractivity contribution in [3.05, 3.63) is 77.4 Å². The van der Waals surface area contributed by atoms with E-state index in [4.69, 9.17) is 0 Å². The Labute approximate surface area is 156 Å². The predicted octanol–water partition coefficient (Wildman–Crippen LogP) is 3.77. The summed E-state index contributed by atoms with van der Waals surface area (Å²) >= 11 is 0. The first-order valence-electron chi connectivity index (χ1n) is 8.79. The van der Waals surface area contributed by atoms with Gasteiger partial charge in [-0.15, -0.1) is 0 Å². The third-order valence-electron chi connectivity index (χ3n) is 4.84. The number of hydrogen-bond donors (Lipinski definition) is 1. The number of carbonyl (C=O) groups excluding carboxylic acids is 3. The summed E-state index contributed by atoms with van der Waals surface area (Å²) in [6, 6.07) is 18.3. The molecule has 0 aromatic heterocycles. The summed E-state index contributed by atoms with van der Waals surface area (Å²) in [6.07, 6.45) is 0.0456. The molecule has 0 atom stereocenters. The van der Waals surface area contributed by atoms with Gasteiger partial charge in [0, 0.05) is 35.2 Å².